The summed E-state index contributed by atoms with van der Waals surface area (Å²) in [6.45, 7) is 0. The van der Waals surface area contributed by atoms with Crippen molar-refractivity contribution in [3.63, 3.8) is 0 Å². The monoisotopic (exact) mass is 138 g/mol. The van der Waals surface area contributed by atoms with Gasteiger partial charge in [-0.2, -0.15) is 0 Å². The molecule has 7 heavy (non-hydrogen) atoms. The molecule has 44 valence electrons. The van der Waals surface area contributed by atoms with Gasteiger partial charge in [0.05, 0.1) is 7.05 Å². The van der Waals surface area contributed by atoms with Crippen molar-refractivity contribution in [3.8, 4) is 0 Å². The second-order valence-corrected chi connectivity index (χ2v) is 1.61. The molecule has 2 nitrogen and oxygen atoms in total. The van der Waals surface area contributed by atoms with Gasteiger partial charge in [-0.15, -0.1) is 0 Å². The first-order chi connectivity index (χ1) is 3.27. The average Bonchev–Trinajstić information content (AvgIpc) is 1.73. The molecule has 0 aromatic heterocycles. The lowest BCUT2D eigenvalue weighted by molar-refractivity contribution is -0.325. The summed E-state index contributed by atoms with van der Waals surface area (Å²) in [5.74, 6) is 0. The first kappa shape index (κ1) is 10.1. The number of thiocarbonyl (C=S) groups is 1. The second-order valence-electron chi connectivity index (χ2n) is 0.537. The van der Waals surface area contributed by atoms with E-state index in [9.17, 15) is 0 Å². The molecule has 0 heterocycles. The minimum absolute atomic E-state index is 0.421. The van der Waals surface area contributed by atoms with E-state index in [1.807, 2.05) is 0 Å². The fourth-order valence-electron chi connectivity index (χ4n) is 0. The maximum atomic E-state index is 4.40. The second kappa shape index (κ2) is 9.42. The highest BCUT2D eigenvalue weighted by molar-refractivity contribution is 8.00. The maximum Gasteiger partial charge on any atom is 0.0634 e. The van der Waals surface area contributed by atoms with E-state index in [0.29, 0.717) is 4.32 Å². The van der Waals surface area contributed by atoms with Crippen molar-refractivity contribution in [1.82, 2.24) is 5.32 Å². The van der Waals surface area contributed by atoms with E-state index in [4.69, 9.17) is 0 Å². The molecule has 0 saturated carbocycles. The quantitative estimate of drug-likeness (QED) is 0.329. The van der Waals surface area contributed by atoms with Crippen LogP contribution in [0, 0.1) is 0 Å². The van der Waals surface area contributed by atoms with Gasteiger partial charge in [0.25, 0.3) is 0 Å². The van der Waals surface area contributed by atoms with E-state index in [1.165, 1.54) is 0 Å². The molecule has 0 radical (unpaired) electrons. The van der Waals surface area contributed by atoms with E-state index in [1.54, 1.807) is 14.1 Å². The van der Waals surface area contributed by atoms with Crippen LogP contribution >= 0.6 is 12.2 Å². The molecule has 0 aliphatic carbocycles. The van der Waals surface area contributed by atoms with E-state index in [0.717, 1.165) is 0 Å². The first-order valence-corrected chi connectivity index (χ1v) is 2.68. The molecule has 0 unspecified atom stereocenters. The summed E-state index contributed by atoms with van der Waals surface area (Å²) in [7, 11) is 3.45. The van der Waals surface area contributed by atoms with Crippen molar-refractivity contribution in [3.05, 3.63) is 0 Å². The van der Waals surface area contributed by atoms with Gasteiger partial charge in [0.2, 0.25) is 0 Å². The van der Waals surface area contributed by atoms with Crippen LogP contribution in [0.3, 0.4) is 0 Å². The summed E-state index contributed by atoms with van der Waals surface area (Å²) < 4.78 is 0.421. The lowest BCUT2D eigenvalue weighted by Crippen LogP contribution is -2.40. The van der Waals surface area contributed by atoms with Crippen LogP contribution in [0.1, 0.15) is 0 Å². The van der Waals surface area contributed by atoms with Gasteiger partial charge in [0, 0.05) is 7.05 Å². The summed E-state index contributed by atoms with van der Waals surface area (Å²) in [6, 6.07) is 0. The highest BCUT2D eigenvalue weighted by atomic mass is 32.1. The van der Waals surface area contributed by atoms with E-state index >= 15 is 0 Å². The van der Waals surface area contributed by atoms with Crippen molar-refractivity contribution in [2.24, 2.45) is 0 Å². The van der Waals surface area contributed by atoms with E-state index in [-0.39, 0.29) is 0 Å². The van der Waals surface area contributed by atoms with Gasteiger partial charge in [0.15, 0.2) is 0 Å². The largest absolute Gasteiger partial charge is 0.412 e. The van der Waals surface area contributed by atoms with Gasteiger partial charge in [-0.25, -0.2) is 0 Å². The van der Waals surface area contributed by atoms with Crippen molar-refractivity contribution < 1.29 is 5.73 Å². The topological polar surface area (TPSA) is 39.7 Å². The lowest BCUT2D eigenvalue weighted by Gasteiger charge is -1.97. The Bertz CT molecular complexity index is 46.2. The SMILES string of the molecule is CNC(=S)[S-].C[NH3+]. The van der Waals surface area contributed by atoms with E-state index < -0.39 is 0 Å². The maximum absolute atomic E-state index is 4.40. The van der Waals surface area contributed by atoms with E-state index in [2.05, 4.69) is 35.9 Å². The van der Waals surface area contributed by atoms with Crippen LogP contribution in [-0.2, 0) is 12.6 Å². The van der Waals surface area contributed by atoms with Crippen LogP contribution in [0.2, 0.25) is 0 Å². The minimum atomic E-state index is 0.421. The Kier molecular flexibility index (Phi) is 13.6. The highest BCUT2D eigenvalue weighted by Gasteiger charge is 1.51. The van der Waals surface area contributed by atoms with Gasteiger partial charge in [-0.3, -0.25) is 0 Å². The van der Waals surface area contributed by atoms with Crippen LogP contribution in [0.4, 0.5) is 0 Å². The first-order valence-electron chi connectivity index (χ1n) is 1.87. The normalized spacial score (nSPS) is 5.57. The Morgan fingerprint density at radius 1 is 1.71 bits per heavy atom. The molecule has 0 aromatic rings. The number of quaternary nitrogens is 1. The van der Waals surface area contributed by atoms with Crippen molar-refractivity contribution in [2.75, 3.05) is 14.1 Å². The molecule has 0 aliphatic rings. The van der Waals surface area contributed by atoms with Crippen LogP contribution in [0.25, 0.3) is 0 Å². The smallest absolute Gasteiger partial charge is 0.0634 e. The molecule has 0 spiro atoms. The zero-order chi connectivity index (χ0) is 6.28. The number of hydrogen-bond acceptors (Lipinski definition) is 2. The van der Waals surface area contributed by atoms with Crippen LogP contribution in [0.5, 0.6) is 0 Å². The molecule has 4 heteroatoms. The molecule has 0 fully saturated rings. The summed E-state index contributed by atoms with van der Waals surface area (Å²) in [4.78, 5) is 0. The van der Waals surface area contributed by atoms with Gasteiger partial charge in [0.1, 0.15) is 0 Å². The molecule has 0 aliphatic heterocycles. The van der Waals surface area contributed by atoms with Gasteiger partial charge < -0.3 is 35.9 Å². The Morgan fingerprint density at radius 3 is 1.86 bits per heavy atom. The van der Waals surface area contributed by atoms with Crippen molar-refractivity contribution in [1.29, 1.82) is 0 Å². The molecular formula is C3H10N2S2. The zero-order valence-electron chi connectivity index (χ0n) is 4.52. The fraction of sp³-hybridized carbons (Fsp3) is 0.667. The molecule has 0 saturated heterocycles. The molecule has 0 atom stereocenters. The standard InChI is InChI=1S/C2H5NS2.CH5N/c1-3-2(4)5;1-2/h1H3,(H2,3,4,5);2H2,1H3. The molecule has 4 N–H and O–H groups in total. The van der Waals surface area contributed by atoms with Gasteiger partial charge in [-0.05, 0) is 0 Å². The van der Waals surface area contributed by atoms with Gasteiger partial charge in [-0.1, -0.05) is 4.32 Å². The summed E-state index contributed by atoms with van der Waals surface area (Å²) in [5, 5.41) is 2.57. The number of hydrogen-bond donors (Lipinski definition) is 2. The Hall–Kier alpha value is 0.0700. The van der Waals surface area contributed by atoms with Crippen LogP contribution < -0.4 is 11.1 Å². The third kappa shape index (κ3) is 23.5. The number of nitrogens with one attached hydrogen (secondary N) is 1. The average molecular weight is 138 g/mol. The molecule has 0 aromatic carbocycles. The number of rotatable bonds is 0. The van der Waals surface area contributed by atoms with Crippen molar-refractivity contribution >= 4 is 29.2 Å². The third-order valence-electron chi connectivity index (χ3n) is 0.204. The summed E-state index contributed by atoms with van der Waals surface area (Å²) in [5.41, 5.74) is 3.25. The van der Waals surface area contributed by atoms with Gasteiger partial charge >= 0.3 is 0 Å². The Morgan fingerprint density at radius 2 is 1.86 bits per heavy atom. The predicted octanol–water partition coefficient (Wildman–Crippen LogP) is -1.10. The van der Waals surface area contributed by atoms with Crippen LogP contribution in [0.15, 0.2) is 0 Å². The minimum Gasteiger partial charge on any atom is -0.412 e. The van der Waals surface area contributed by atoms with Crippen molar-refractivity contribution in [2.45, 2.75) is 0 Å². The summed E-state index contributed by atoms with van der Waals surface area (Å²) in [6.07, 6.45) is 0. The lowest BCUT2D eigenvalue weighted by atomic mass is 11.2. The Labute approximate surface area is 54.9 Å². The van der Waals surface area contributed by atoms with Crippen LogP contribution in [-0.4, -0.2) is 18.4 Å². The summed E-state index contributed by atoms with van der Waals surface area (Å²) >= 11 is 8.80. The molecule has 0 rings (SSSR count). The Balaban J connectivity index is 0. The highest BCUT2D eigenvalue weighted by Crippen LogP contribution is 1.54. The fourth-order valence-corrected chi connectivity index (χ4v) is 0. The molecule has 0 amide bonds. The predicted molar refractivity (Wildman–Crippen MR) is 37.8 cm³/mol. The zero-order valence-corrected chi connectivity index (χ0v) is 6.16. The third-order valence-corrected chi connectivity index (χ3v) is 0.612. The molecular weight excluding hydrogens is 128 g/mol. The molecule has 0 bridgehead atoms.